The third-order valence-electron chi connectivity index (χ3n) is 3.71. The molecule has 0 spiro atoms. The molecule has 0 saturated carbocycles. The molecule has 0 bridgehead atoms. The topological polar surface area (TPSA) is 52.9 Å². The lowest BCUT2D eigenvalue weighted by atomic mass is 9.98. The van der Waals surface area contributed by atoms with Crippen LogP contribution < -0.4 is 0 Å². The highest BCUT2D eigenvalue weighted by Gasteiger charge is 2.32. The molecule has 0 radical (unpaired) electrons. The number of hydrogen-bond acceptors (Lipinski definition) is 3. The van der Waals surface area contributed by atoms with Crippen LogP contribution in [0, 0.1) is 0 Å². The molecule has 4 nitrogen and oxygen atoms in total. The number of carbonyl (C=O) groups excluding carboxylic acids is 1. The molecule has 1 atom stereocenters. The Morgan fingerprint density at radius 2 is 1.91 bits per heavy atom. The van der Waals surface area contributed by atoms with Crippen LogP contribution in [-0.2, 0) is 4.79 Å². The van der Waals surface area contributed by atoms with Crippen LogP contribution in [0.1, 0.15) is 30.5 Å². The highest BCUT2D eigenvalue weighted by Crippen LogP contribution is 2.36. The fraction of sp³-hybridized carbons (Fsp3) is 0.176. The highest BCUT2D eigenvalue weighted by molar-refractivity contribution is 9.10. The first-order chi connectivity index (χ1) is 10.6. The molecule has 0 saturated heterocycles. The Labute approximate surface area is 137 Å². The number of phenols is 1. The highest BCUT2D eigenvalue weighted by atomic mass is 79.9. The van der Waals surface area contributed by atoms with E-state index in [1.165, 1.54) is 11.9 Å². The third-order valence-corrected chi connectivity index (χ3v) is 4.23. The van der Waals surface area contributed by atoms with Crippen molar-refractivity contribution < 1.29 is 9.90 Å². The monoisotopic (exact) mass is 358 g/mol. The normalized spacial score (nSPS) is 17.5. The average Bonchev–Trinajstić information content (AvgIpc) is 2.93. The van der Waals surface area contributed by atoms with Gasteiger partial charge in [0, 0.05) is 23.4 Å². The number of halogens is 1. The van der Waals surface area contributed by atoms with Crippen molar-refractivity contribution in [1.29, 1.82) is 0 Å². The van der Waals surface area contributed by atoms with E-state index in [1.54, 1.807) is 12.1 Å². The number of hydrazone groups is 1. The van der Waals surface area contributed by atoms with E-state index in [2.05, 4.69) is 21.0 Å². The summed E-state index contributed by atoms with van der Waals surface area (Å²) in [5.74, 6) is 0.0476. The second-order valence-corrected chi connectivity index (χ2v) is 6.11. The smallest absolute Gasteiger partial charge is 0.240 e. The van der Waals surface area contributed by atoms with E-state index in [1.807, 2.05) is 36.4 Å². The maximum Gasteiger partial charge on any atom is 0.240 e. The summed E-state index contributed by atoms with van der Waals surface area (Å²) in [5.41, 5.74) is 2.54. The number of benzene rings is 2. The maximum atomic E-state index is 11.9. The molecular formula is C17H15BrN2O2. The Kier molecular flexibility index (Phi) is 3.98. The van der Waals surface area contributed by atoms with E-state index in [0.29, 0.717) is 12.0 Å². The summed E-state index contributed by atoms with van der Waals surface area (Å²) < 4.78 is 0.996. The lowest BCUT2D eigenvalue weighted by molar-refractivity contribution is -0.130. The molecule has 0 aromatic heterocycles. The number of para-hydroxylation sites is 1. The van der Waals surface area contributed by atoms with Crippen molar-refractivity contribution in [2.75, 3.05) is 0 Å². The summed E-state index contributed by atoms with van der Waals surface area (Å²) in [4.78, 5) is 11.9. The fourth-order valence-corrected chi connectivity index (χ4v) is 2.89. The number of aromatic hydroxyl groups is 1. The van der Waals surface area contributed by atoms with Crippen molar-refractivity contribution in [3.8, 4) is 5.75 Å². The SMILES string of the molecule is CC(=O)N1N=C(c2ccc(Br)cc2)CC1c1ccccc1O. The first kappa shape index (κ1) is 14.8. The van der Waals surface area contributed by atoms with Gasteiger partial charge in [-0.25, -0.2) is 5.01 Å². The molecule has 1 aliphatic heterocycles. The van der Waals surface area contributed by atoms with Crippen molar-refractivity contribution in [1.82, 2.24) is 5.01 Å². The fourth-order valence-electron chi connectivity index (χ4n) is 2.63. The van der Waals surface area contributed by atoms with Gasteiger partial charge in [0.15, 0.2) is 0 Å². The quantitative estimate of drug-likeness (QED) is 0.886. The lowest BCUT2D eigenvalue weighted by Crippen LogP contribution is -2.24. The molecule has 1 unspecified atom stereocenters. The number of rotatable bonds is 2. The van der Waals surface area contributed by atoms with Gasteiger partial charge in [-0.1, -0.05) is 46.3 Å². The zero-order valence-corrected chi connectivity index (χ0v) is 13.6. The van der Waals surface area contributed by atoms with Gasteiger partial charge in [-0.2, -0.15) is 5.10 Å². The van der Waals surface area contributed by atoms with Crippen molar-refractivity contribution in [2.45, 2.75) is 19.4 Å². The van der Waals surface area contributed by atoms with Crippen LogP contribution in [0.5, 0.6) is 5.75 Å². The molecule has 3 rings (SSSR count). The van der Waals surface area contributed by atoms with Gasteiger partial charge in [0.25, 0.3) is 0 Å². The maximum absolute atomic E-state index is 11.9. The van der Waals surface area contributed by atoms with E-state index in [0.717, 1.165) is 15.7 Å². The zero-order chi connectivity index (χ0) is 15.7. The Morgan fingerprint density at radius 1 is 1.23 bits per heavy atom. The van der Waals surface area contributed by atoms with Crippen molar-refractivity contribution >= 4 is 27.5 Å². The summed E-state index contributed by atoms with van der Waals surface area (Å²) in [6.07, 6.45) is 0.582. The van der Waals surface area contributed by atoms with E-state index >= 15 is 0 Å². The van der Waals surface area contributed by atoms with E-state index in [9.17, 15) is 9.90 Å². The van der Waals surface area contributed by atoms with Gasteiger partial charge in [-0.15, -0.1) is 0 Å². The van der Waals surface area contributed by atoms with Crippen molar-refractivity contribution in [3.05, 3.63) is 64.1 Å². The van der Waals surface area contributed by atoms with E-state index < -0.39 is 0 Å². The number of amides is 1. The molecule has 1 heterocycles. The number of carbonyl (C=O) groups is 1. The molecule has 1 aliphatic rings. The Hall–Kier alpha value is -2.14. The molecule has 22 heavy (non-hydrogen) atoms. The van der Waals surface area contributed by atoms with Crippen molar-refractivity contribution in [2.24, 2.45) is 5.10 Å². The van der Waals surface area contributed by atoms with Crippen LogP contribution in [-0.4, -0.2) is 21.7 Å². The second-order valence-electron chi connectivity index (χ2n) is 5.20. The van der Waals surface area contributed by atoms with Gasteiger partial charge >= 0.3 is 0 Å². The first-order valence-corrected chi connectivity index (χ1v) is 7.76. The predicted molar refractivity (Wildman–Crippen MR) is 88.7 cm³/mol. The van der Waals surface area contributed by atoms with Crippen LogP contribution >= 0.6 is 15.9 Å². The summed E-state index contributed by atoms with van der Waals surface area (Å²) in [6.45, 7) is 1.49. The van der Waals surface area contributed by atoms with Gasteiger partial charge < -0.3 is 5.11 Å². The molecule has 5 heteroatoms. The molecule has 0 aliphatic carbocycles. The van der Waals surface area contributed by atoms with Crippen LogP contribution in [0.2, 0.25) is 0 Å². The van der Waals surface area contributed by atoms with Crippen molar-refractivity contribution in [3.63, 3.8) is 0 Å². The van der Waals surface area contributed by atoms with Crippen LogP contribution in [0.15, 0.2) is 58.1 Å². The third kappa shape index (κ3) is 2.76. The zero-order valence-electron chi connectivity index (χ0n) is 12.0. The molecule has 2 aromatic carbocycles. The van der Waals surface area contributed by atoms with Gasteiger partial charge in [0.2, 0.25) is 5.91 Å². The molecular weight excluding hydrogens is 344 g/mol. The van der Waals surface area contributed by atoms with Gasteiger partial charge in [-0.05, 0) is 23.8 Å². The summed E-state index contributed by atoms with van der Waals surface area (Å²) >= 11 is 3.41. The number of nitrogens with zero attached hydrogens (tertiary/aromatic N) is 2. The van der Waals surface area contributed by atoms with Gasteiger partial charge in [0.1, 0.15) is 5.75 Å². The van der Waals surface area contributed by atoms with Gasteiger partial charge in [-0.3, -0.25) is 4.79 Å². The molecule has 2 aromatic rings. The molecule has 0 fully saturated rings. The summed E-state index contributed by atoms with van der Waals surface area (Å²) in [7, 11) is 0. The Balaban J connectivity index is 1.96. The minimum atomic E-state index is -0.266. The first-order valence-electron chi connectivity index (χ1n) is 6.97. The summed E-state index contributed by atoms with van der Waals surface area (Å²) in [5, 5.41) is 16.0. The lowest BCUT2D eigenvalue weighted by Gasteiger charge is -2.21. The summed E-state index contributed by atoms with van der Waals surface area (Å²) in [6, 6.07) is 14.6. The molecule has 112 valence electrons. The van der Waals surface area contributed by atoms with E-state index in [4.69, 9.17) is 0 Å². The largest absolute Gasteiger partial charge is 0.508 e. The Bertz CT molecular complexity index is 741. The Morgan fingerprint density at radius 3 is 2.55 bits per heavy atom. The average molecular weight is 359 g/mol. The van der Waals surface area contributed by atoms with E-state index in [-0.39, 0.29) is 17.7 Å². The predicted octanol–water partition coefficient (Wildman–Crippen LogP) is 3.85. The second kappa shape index (κ2) is 5.93. The molecule has 1 N–H and O–H groups in total. The number of hydrogen-bond donors (Lipinski definition) is 1. The minimum absolute atomic E-state index is 0.139. The van der Waals surface area contributed by atoms with Gasteiger partial charge in [0.05, 0.1) is 11.8 Å². The standard InChI is InChI=1S/C17H15BrN2O2/c1-11(21)20-16(14-4-2-3-5-17(14)22)10-15(19-20)12-6-8-13(18)9-7-12/h2-9,16,22H,10H2,1H3. The molecule has 1 amide bonds. The van der Waals surface area contributed by atoms with Crippen LogP contribution in [0.4, 0.5) is 0 Å². The van der Waals surface area contributed by atoms with Crippen LogP contribution in [0.25, 0.3) is 0 Å². The minimum Gasteiger partial charge on any atom is -0.508 e. The van der Waals surface area contributed by atoms with Crippen LogP contribution in [0.3, 0.4) is 0 Å². The number of phenolic OH excluding ortho intramolecular Hbond substituents is 1.